The first kappa shape index (κ1) is 14.3. The summed E-state index contributed by atoms with van der Waals surface area (Å²) in [5.41, 5.74) is 6.26. The number of hydrogen-bond donors (Lipinski definition) is 1. The van der Waals surface area contributed by atoms with Gasteiger partial charge in [0.15, 0.2) is 0 Å². The standard InChI is InChI=1S/C15H27N3O2/c1-11-9-17-6-2-3-13(17)10-18(11)15(19)14(16)12-4-7-20-8-5-12/h11-14H,2-10,16H2,1H3. The predicted octanol–water partition coefficient (Wildman–Crippen LogP) is 0.435. The van der Waals surface area contributed by atoms with Crippen LogP contribution in [-0.4, -0.2) is 66.7 Å². The summed E-state index contributed by atoms with van der Waals surface area (Å²) >= 11 is 0. The molecule has 20 heavy (non-hydrogen) atoms. The van der Waals surface area contributed by atoms with Crippen LogP contribution in [-0.2, 0) is 9.53 Å². The lowest BCUT2D eigenvalue weighted by Crippen LogP contribution is -2.60. The van der Waals surface area contributed by atoms with Crippen LogP contribution in [0.4, 0.5) is 0 Å². The first-order valence-electron chi connectivity index (χ1n) is 8.04. The molecular weight excluding hydrogens is 254 g/mol. The molecule has 0 spiro atoms. The van der Waals surface area contributed by atoms with E-state index in [4.69, 9.17) is 10.5 Å². The molecule has 5 heteroatoms. The number of hydrogen-bond acceptors (Lipinski definition) is 4. The molecule has 3 saturated heterocycles. The lowest BCUT2D eigenvalue weighted by molar-refractivity contribution is -0.140. The highest BCUT2D eigenvalue weighted by Gasteiger charge is 2.39. The number of carbonyl (C=O) groups excluding carboxylic acids is 1. The van der Waals surface area contributed by atoms with E-state index in [-0.39, 0.29) is 11.9 Å². The highest BCUT2D eigenvalue weighted by Crippen LogP contribution is 2.26. The molecule has 0 aliphatic carbocycles. The summed E-state index contributed by atoms with van der Waals surface area (Å²) in [6.45, 7) is 6.73. The molecule has 0 aromatic heterocycles. The van der Waals surface area contributed by atoms with Gasteiger partial charge in [0, 0.05) is 38.4 Å². The van der Waals surface area contributed by atoms with E-state index < -0.39 is 0 Å². The molecule has 3 fully saturated rings. The van der Waals surface area contributed by atoms with Crippen molar-refractivity contribution in [1.29, 1.82) is 0 Å². The fraction of sp³-hybridized carbons (Fsp3) is 0.933. The molecule has 0 saturated carbocycles. The third kappa shape index (κ3) is 2.71. The Morgan fingerprint density at radius 2 is 2.00 bits per heavy atom. The van der Waals surface area contributed by atoms with Crippen LogP contribution in [0.1, 0.15) is 32.6 Å². The molecule has 114 valence electrons. The van der Waals surface area contributed by atoms with Gasteiger partial charge in [-0.15, -0.1) is 0 Å². The molecule has 5 nitrogen and oxygen atoms in total. The van der Waals surface area contributed by atoms with Crippen LogP contribution in [0, 0.1) is 5.92 Å². The first-order valence-corrected chi connectivity index (χ1v) is 8.04. The van der Waals surface area contributed by atoms with Gasteiger partial charge in [0.05, 0.1) is 6.04 Å². The Hall–Kier alpha value is -0.650. The Labute approximate surface area is 121 Å². The second-order valence-corrected chi connectivity index (χ2v) is 6.61. The molecule has 0 aromatic rings. The number of carbonyl (C=O) groups is 1. The van der Waals surface area contributed by atoms with Crippen LogP contribution in [0.2, 0.25) is 0 Å². The minimum atomic E-state index is -0.339. The average Bonchev–Trinajstić information content (AvgIpc) is 2.93. The van der Waals surface area contributed by atoms with Gasteiger partial charge in [-0.2, -0.15) is 0 Å². The Morgan fingerprint density at radius 3 is 2.75 bits per heavy atom. The van der Waals surface area contributed by atoms with Crippen molar-refractivity contribution in [3.63, 3.8) is 0 Å². The Bertz CT molecular complexity index is 357. The van der Waals surface area contributed by atoms with Crippen molar-refractivity contribution in [2.75, 3.05) is 32.8 Å². The van der Waals surface area contributed by atoms with Gasteiger partial charge in [-0.25, -0.2) is 0 Å². The zero-order valence-electron chi connectivity index (χ0n) is 12.5. The summed E-state index contributed by atoms with van der Waals surface area (Å²) in [7, 11) is 0. The third-order valence-electron chi connectivity index (χ3n) is 5.28. The molecule has 0 aromatic carbocycles. The lowest BCUT2D eigenvalue weighted by Gasteiger charge is -2.44. The van der Waals surface area contributed by atoms with Crippen molar-refractivity contribution < 1.29 is 9.53 Å². The highest BCUT2D eigenvalue weighted by molar-refractivity contribution is 5.82. The summed E-state index contributed by atoms with van der Waals surface area (Å²) in [5, 5.41) is 0. The van der Waals surface area contributed by atoms with Gasteiger partial charge in [0.1, 0.15) is 0 Å². The van der Waals surface area contributed by atoms with Crippen molar-refractivity contribution in [1.82, 2.24) is 9.80 Å². The van der Waals surface area contributed by atoms with Crippen LogP contribution < -0.4 is 5.73 Å². The molecule has 3 atom stereocenters. The second kappa shape index (κ2) is 6.00. The van der Waals surface area contributed by atoms with Crippen molar-refractivity contribution in [2.45, 2.75) is 50.7 Å². The van der Waals surface area contributed by atoms with E-state index in [2.05, 4.69) is 11.8 Å². The van der Waals surface area contributed by atoms with Gasteiger partial charge >= 0.3 is 0 Å². The summed E-state index contributed by atoms with van der Waals surface area (Å²) in [6, 6.07) is 0.522. The van der Waals surface area contributed by atoms with Crippen LogP contribution in [0.5, 0.6) is 0 Å². The quantitative estimate of drug-likeness (QED) is 0.798. The monoisotopic (exact) mass is 281 g/mol. The largest absolute Gasteiger partial charge is 0.381 e. The Morgan fingerprint density at radius 1 is 1.25 bits per heavy atom. The van der Waals surface area contributed by atoms with Gasteiger partial charge in [-0.1, -0.05) is 0 Å². The fourth-order valence-corrected chi connectivity index (χ4v) is 3.96. The number of amides is 1. The summed E-state index contributed by atoms with van der Waals surface area (Å²) in [5.74, 6) is 0.459. The molecule has 3 aliphatic rings. The maximum Gasteiger partial charge on any atom is 0.240 e. The average molecular weight is 281 g/mol. The van der Waals surface area contributed by atoms with Crippen molar-refractivity contribution in [3.05, 3.63) is 0 Å². The van der Waals surface area contributed by atoms with E-state index in [1.807, 2.05) is 4.90 Å². The normalized spacial score (nSPS) is 34.0. The van der Waals surface area contributed by atoms with E-state index in [9.17, 15) is 4.79 Å². The number of ether oxygens (including phenoxy) is 1. The highest BCUT2D eigenvalue weighted by atomic mass is 16.5. The van der Waals surface area contributed by atoms with Gasteiger partial charge in [0.2, 0.25) is 5.91 Å². The van der Waals surface area contributed by atoms with Crippen molar-refractivity contribution >= 4 is 5.91 Å². The molecule has 3 heterocycles. The topological polar surface area (TPSA) is 58.8 Å². The van der Waals surface area contributed by atoms with E-state index in [0.717, 1.165) is 39.1 Å². The van der Waals surface area contributed by atoms with Crippen molar-refractivity contribution in [3.8, 4) is 0 Å². The number of nitrogens with zero attached hydrogens (tertiary/aromatic N) is 2. The Balaban J connectivity index is 1.63. The smallest absolute Gasteiger partial charge is 0.240 e. The number of rotatable bonds is 2. The first-order chi connectivity index (χ1) is 9.66. The summed E-state index contributed by atoms with van der Waals surface area (Å²) < 4.78 is 5.37. The van der Waals surface area contributed by atoms with Crippen molar-refractivity contribution in [2.24, 2.45) is 11.7 Å². The van der Waals surface area contributed by atoms with E-state index in [0.29, 0.717) is 18.0 Å². The molecule has 0 radical (unpaired) electrons. The minimum Gasteiger partial charge on any atom is -0.381 e. The van der Waals surface area contributed by atoms with E-state index in [1.165, 1.54) is 19.4 Å². The third-order valence-corrected chi connectivity index (χ3v) is 5.28. The van der Waals surface area contributed by atoms with Gasteiger partial charge < -0.3 is 15.4 Å². The number of fused-ring (bicyclic) bond motifs is 1. The second-order valence-electron chi connectivity index (χ2n) is 6.61. The molecule has 2 N–H and O–H groups in total. The molecule has 3 unspecified atom stereocenters. The zero-order chi connectivity index (χ0) is 14.1. The molecular formula is C15H27N3O2. The molecule has 1 amide bonds. The molecule has 3 rings (SSSR count). The minimum absolute atomic E-state index is 0.163. The number of nitrogens with two attached hydrogens (primary N) is 1. The van der Waals surface area contributed by atoms with Gasteiger partial charge in [0.25, 0.3) is 0 Å². The zero-order valence-corrected chi connectivity index (χ0v) is 12.5. The maximum absolute atomic E-state index is 12.7. The summed E-state index contributed by atoms with van der Waals surface area (Å²) in [4.78, 5) is 17.3. The Kier molecular flexibility index (Phi) is 4.29. The SMILES string of the molecule is CC1CN2CCCC2CN1C(=O)C(N)C1CCOCC1. The van der Waals surface area contributed by atoms with E-state index >= 15 is 0 Å². The fourth-order valence-electron chi connectivity index (χ4n) is 3.96. The summed E-state index contributed by atoms with van der Waals surface area (Å²) in [6.07, 6.45) is 4.34. The van der Waals surface area contributed by atoms with Gasteiger partial charge in [-0.3, -0.25) is 9.69 Å². The van der Waals surface area contributed by atoms with Crippen LogP contribution in [0.3, 0.4) is 0 Å². The number of piperazine rings is 1. The van der Waals surface area contributed by atoms with Crippen LogP contribution in [0.15, 0.2) is 0 Å². The van der Waals surface area contributed by atoms with Crippen LogP contribution >= 0.6 is 0 Å². The molecule has 3 aliphatic heterocycles. The van der Waals surface area contributed by atoms with Gasteiger partial charge in [-0.05, 0) is 45.1 Å². The van der Waals surface area contributed by atoms with Crippen LogP contribution in [0.25, 0.3) is 0 Å². The molecule has 0 bridgehead atoms. The predicted molar refractivity (Wildman–Crippen MR) is 77.3 cm³/mol. The van der Waals surface area contributed by atoms with E-state index in [1.54, 1.807) is 0 Å². The lowest BCUT2D eigenvalue weighted by atomic mass is 9.90. The maximum atomic E-state index is 12.7.